The molecule has 1 saturated heterocycles. The first-order valence-corrected chi connectivity index (χ1v) is 10.3. The summed E-state index contributed by atoms with van der Waals surface area (Å²) in [5.41, 5.74) is 0.254. The molecule has 1 aromatic carbocycles. The molecule has 3 atom stereocenters. The van der Waals surface area contributed by atoms with Gasteiger partial charge in [0, 0.05) is 12.7 Å². The highest BCUT2D eigenvalue weighted by Gasteiger charge is 2.60. The van der Waals surface area contributed by atoms with Crippen molar-refractivity contribution in [2.24, 2.45) is 0 Å². The minimum absolute atomic E-state index is 0.0238. The summed E-state index contributed by atoms with van der Waals surface area (Å²) in [6.45, 7) is 2.38. The van der Waals surface area contributed by atoms with Crippen molar-refractivity contribution in [1.82, 2.24) is 4.90 Å². The number of fused-ring (bicyclic) bond motifs is 2. The highest BCUT2D eigenvalue weighted by Crippen LogP contribution is 2.45. The summed E-state index contributed by atoms with van der Waals surface area (Å²) in [6, 6.07) is 1.03. The molecule has 0 aliphatic carbocycles. The number of Topliss-reactive ketones (excluding diaryl/α,β-unsaturated/α-hetero) is 1. The second kappa shape index (κ2) is 10.5. The number of anilines is 1. The molecule has 3 rings (SSSR count). The molecule has 2 aliphatic rings. The molecule has 0 spiro atoms. The first kappa shape index (κ1) is 25.0. The number of carbonyl (C=O) groups excluding carboxylic acids is 4. The number of ketones is 1. The largest absolute Gasteiger partial charge is 0.467 e. The van der Waals surface area contributed by atoms with Crippen LogP contribution in [0.4, 0.5) is 15.3 Å². The van der Waals surface area contributed by atoms with Gasteiger partial charge in [0.2, 0.25) is 0 Å². The summed E-state index contributed by atoms with van der Waals surface area (Å²) in [6.07, 6.45) is -0.194. The van der Waals surface area contributed by atoms with Gasteiger partial charge in [-0.2, -0.15) is 0 Å². The van der Waals surface area contributed by atoms with E-state index < -0.39 is 48.5 Å². The Bertz CT molecular complexity index is 994. The van der Waals surface area contributed by atoms with Gasteiger partial charge in [-0.3, -0.25) is 14.6 Å². The molecule has 1 aromatic rings. The second-order valence-electron chi connectivity index (χ2n) is 7.45. The number of esters is 1. The number of carbonyl (C=O) groups is 4. The van der Waals surface area contributed by atoms with Crippen LogP contribution in [0.15, 0.2) is 24.8 Å². The van der Waals surface area contributed by atoms with Crippen molar-refractivity contribution in [3.05, 3.63) is 35.9 Å². The molecule has 2 amide bonds. The molecule has 0 unspecified atom stereocenters. The van der Waals surface area contributed by atoms with E-state index in [1.54, 1.807) is 0 Å². The van der Waals surface area contributed by atoms with Crippen LogP contribution < -0.4 is 9.64 Å². The van der Waals surface area contributed by atoms with Crippen LogP contribution in [-0.4, -0.2) is 93.9 Å². The average molecular weight is 478 g/mol. The summed E-state index contributed by atoms with van der Waals surface area (Å²) in [4.78, 5) is 53.4. The fraction of sp³-hybridized carbons (Fsp3) is 0.455. The SMILES string of the molecule is C=CCOC(=O)N1C[C@H]2[C@@H](C(=O)[C@@H](CO)c3c(OCOC)cc(C(=O)OC)cc31)N2C(=O)OC. The van der Waals surface area contributed by atoms with Crippen LogP contribution >= 0.6 is 0 Å². The molecule has 1 fully saturated rings. The molecule has 12 nitrogen and oxygen atoms in total. The Kier molecular flexibility index (Phi) is 7.74. The summed E-state index contributed by atoms with van der Waals surface area (Å²) in [5.74, 6) is -2.35. The van der Waals surface area contributed by atoms with E-state index in [-0.39, 0.29) is 42.5 Å². The zero-order valence-corrected chi connectivity index (χ0v) is 19.0. The summed E-state index contributed by atoms with van der Waals surface area (Å²) in [5, 5.41) is 10.2. The Hall–Kier alpha value is -3.64. The van der Waals surface area contributed by atoms with E-state index in [0.717, 1.165) is 0 Å². The van der Waals surface area contributed by atoms with Gasteiger partial charge in [0.05, 0.1) is 50.6 Å². The van der Waals surface area contributed by atoms with E-state index in [1.165, 1.54) is 49.3 Å². The summed E-state index contributed by atoms with van der Waals surface area (Å²) in [7, 11) is 3.74. The third-order valence-electron chi connectivity index (χ3n) is 5.56. The molecule has 2 aliphatic heterocycles. The van der Waals surface area contributed by atoms with Gasteiger partial charge in [0.15, 0.2) is 12.6 Å². The number of hydrogen-bond acceptors (Lipinski definition) is 10. The number of aliphatic hydroxyl groups is 1. The minimum Gasteiger partial charge on any atom is -0.467 e. The van der Waals surface area contributed by atoms with Crippen LogP contribution in [0.3, 0.4) is 0 Å². The van der Waals surface area contributed by atoms with Crippen molar-refractivity contribution in [1.29, 1.82) is 0 Å². The van der Waals surface area contributed by atoms with Gasteiger partial charge in [-0.25, -0.2) is 14.4 Å². The first-order chi connectivity index (χ1) is 16.3. The van der Waals surface area contributed by atoms with Crippen molar-refractivity contribution >= 4 is 29.6 Å². The van der Waals surface area contributed by atoms with Crippen LogP contribution in [0, 0.1) is 0 Å². The normalized spacial score (nSPS) is 20.8. The molecule has 0 aromatic heterocycles. The van der Waals surface area contributed by atoms with Gasteiger partial charge in [-0.1, -0.05) is 12.7 Å². The van der Waals surface area contributed by atoms with E-state index in [9.17, 15) is 24.3 Å². The Morgan fingerprint density at radius 2 is 1.91 bits per heavy atom. The lowest BCUT2D eigenvalue weighted by Crippen LogP contribution is -2.40. The van der Waals surface area contributed by atoms with Gasteiger partial charge in [-0.05, 0) is 12.1 Å². The summed E-state index contributed by atoms with van der Waals surface area (Å²) >= 11 is 0. The van der Waals surface area contributed by atoms with Crippen molar-refractivity contribution in [2.45, 2.75) is 18.0 Å². The molecule has 1 N–H and O–H groups in total. The maximum atomic E-state index is 13.4. The monoisotopic (exact) mass is 478 g/mol. The lowest BCUT2D eigenvalue weighted by Gasteiger charge is -2.30. The number of nitrogens with zero attached hydrogens (tertiary/aromatic N) is 2. The fourth-order valence-corrected chi connectivity index (χ4v) is 4.01. The lowest BCUT2D eigenvalue weighted by atomic mass is 9.87. The van der Waals surface area contributed by atoms with Crippen LogP contribution in [0.5, 0.6) is 5.75 Å². The molecule has 0 saturated carbocycles. The third-order valence-corrected chi connectivity index (χ3v) is 5.56. The van der Waals surface area contributed by atoms with E-state index >= 15 is 0 Å². The van der Waals surface area contributed by atoms with Gasteiger partial charge >= 0.3 is 18.2 Å². The molecular weight excluding hydrogens is 452 g/mol. The molecule has 2 heterocycles. The van der Waals surface area contributed by atoms with Gasteiger partial charge in [0.1, 0.15) is 18.4 Å². The first-order valence-electron chi connectivity index (χ1n) is 10.3. The number of aliphatic hydroxyl groups excluding tert-OH is 1. The smallest absolute Gasteiger partial charge is 0.414 e. The highest BCUT2D eigenvalue weighted by molar-refractivity contribution is 6.03. The van der Waals surface area contributed by atoms with Crippen LogP contribution in [-0.2, 0) is 23.7 Å². The number of benzene rings is 1. The van der Waals surface area contributed by atoms with Crippen LogP contribution in [0.25, 0.3) is 0 Å². The minimum atomic E-state index is -1.19. The molecule has 34 heavy (non-hydrogen) atoms. The lowest BCUT2D eigenvalue weighted by molar-refractivity contribution is -0.121. The van der Waals surface area contributed by atoms with E-state index in [0.29, 0.717) is 0 Å². The third kappa shape index (κ3) is 4.54. The van der Waals surface area contributed by atoms with E-state index in [1.807, 2.05) is 0 Å². The quantitative estimate of drug-likeness (QED) is 0.199. The standard InChI is InChI=1S/C22H26N2O10/c1-5-6-33-21(28)23-9-15-18(24(15)22(29)32-4)19(26)13(10-25)17-14(23)7-12(20(27)31-3)8-16(17)34-11-30-2/h5,7-8,13,15,18,25H,1,6,9-11H2,2-4H3/t13-,15-,18-,24?/m0/s1. The number of ether oxygens (including phenoxy) is 5. The van der Waals surface area contributed by atoms with Crippen LogP contribution in [0.1, 0.15) is 21.8 Å². The van der Waals surface area contributed by atoms with E-state index in [4.69, 9.17) is 23.7 Å². The topological polar surface area (TPSA) is 141 Å². The average Bonchev–Trinajstić information content (AvgIpc) is 3.56. The highest BCUT2D eigenvalue weighted by atomic mass is 16.7. The van der Waals surface area contributed by atoms with Crippen molar-refractivity contribution in [3.8, 4) is 5.75 Å². The van der Waals surface area contributed by atoms with Gasteiger partial charge < -0.3 is 28.8 Å². The van der Waals surface area contributed by atoms with Gasteiger partial charge in [0.25, 0.3) is 0 Å². The summed E-state index contributed by atoms with van der Waals surface area (Å²) < 4.78 is 25.4. The molecule has 0 bridgehead atoms. The predicted octanol–water partition coefficient (Wildman–Crippen LogP) is 1.06. The second-order valence-corrected chi connectivity index (χ2v) is 7.45. The zero-order chi connectivity index (χ0) is 25.0. The number of rotatable bonds is 7. The molecular formula is C22H26N2O10. The zero-order valence-electron chi connectivity index (χ0n) is 19.0. The number of hydrogen-bond donors (Lipinski definition) is 1. The Morgan fingerprint density at radius 3 is 2.50 bits per heavy atom. The van der Waals surface area contributed by atoms with Gasteiger partial charge in [-0.15, -0.1) is 0 Å². The maximum absolute atomic E-state index is 13.4. The van der Waals surface area contributed by atoms with Crippen molar-refractivity contribution in [2.75, 3.05) is 52.8 Å². The molecule has 0 radical (unpaired) electrons. The maximum Gasteiger partial charge on any atom is 0.414 e. The Morgan fingerprint density at radius 1 is 1.18 bits per heavy atom. The number of methoxy groups -OCH3 is 3. The van der Waals surface area contributed by atoms with Crippen molar-refractivity contribution in [3.63, 3.8) is 0 Å². The molecule has 184 valence electrons. The fourth-order valence-electron chi connectivity index (χ4n) is 4.01. The van der Waals surface area contributed by atoms with E-state index in [2.05, 4.69) is 6.58 Å². The van der Waals surface area contributed by atoms with Crippen molar-refractivity contribution < 1.29 is 48.0 Å². The number of amides is 2. The Labute approximate surface area is 195 Å². The predicted molar refractivity (Wildman–Crippen MR) is 116 cm³/mol. The Balaban J connectivity index is 2.24. The molecule has 12 heteroatoms. The van der Waals surface area contributed by atoms with Crippen LogP contribution in [0.2, 0.25) is 0 Å².